The first kappa shape index (κ1) is 88.7. The Morgan fingerprint density at radius 3 is 1.79 bits per heavy atom. The molecular formula is C69H103N19O18S2. The van der Waals surface area contributed by atoms with Crippen LogP contribution < -0.4 is 97.0 Å². The number of para-hydroxylation sites is 1. The normalized spacial score (nSPS) is 23.6. The molecule has 0 radical (unpaired) electrons. The molecule has 0 saturated carbocycles. The number of amides is 15. The third-order valence-corrected chi connectivity index (χ3v) is 20.2. The van der Waals surface area contributed by atoms with E-state index in [1.54, 1.807) is 88.5 Å². The highest BCUT2D eigenvalue weighted by Crippen LogP contribution is 2.22. The molecule has 15 unspecified atom stereocenters. The van der Waals surface area contributed by atoms with Gasteiger partial charge in [0.2, 0.25) is 88.6 Å². The molecule has 39 heteroatoms. The largest absolute Gasteiger partial charge is 0.480 e. The van der Waals surface area contributed by atoms with Crippen LogP contribution in [-0.2, 0) is 89.6 Å². The lowest BCUT2D eigenvalue weighted by molar-refractivity contribution is -0.145. The van der Waals surface area contributed by atoms with Crippen molar-refractivity contribution in [3.63, 3.8) is 0 Å². The number of rotatable bonds is 27. The third-order valence-electron chi connectivity index (χ3n) is 17.7. The molecule has 5 rings (SSSR count). The van der Waals surface area contributed by atoms with Crippen molar-refractivity contribution >= 4 is 129 Å². The van der Waals surface area contributed by atoms with Crippen LogP contribution in [0.2, 0.25) is 0 Å². The van der Waals surface area contributed by atoms with Crippen molar-refractivity contribution in [3.8, 4) is 0 Å². The van der Waals surface area contributed by atoms with Gasteiger partial charge in [0.05, 0.1) is 32.3 Å². The van der Waals surface area contributed by atoms with E-state index in [0.29, 0.717) is 17.5 Å². The number of carboxylic acids is 1. The molecule has 24 N–H and O–H groups in total. The molecule has 3 heterocycles. The van der Waals surface area contributed by atoms with Crippen LogP contribution in [0.1, 0.15) is 91.7 Å². The molecule has 3 aromatic rings. The van der Waals surface area contributed by atoms with Crippen LogP contribution >= 0.6 is 23.5 Å². The van der Waals surface area contributed by atoms with E-state index in [2.05, 4.69) is 84.7 Å². The average Bonchev–Trinajstić information content (AvgIpc) is 1.71. The number of nitrogens with two attached hydrogens (primary N) is 3. The summed E-state index contributed by atoms with van der Waals surface area (Å²) in [5.74, 6) is -17.7. The van der Waals surface area contributed by atoms with Gasteiger partial charge in [0.1, 0.15) is 66.5 Å². The lowest BCUT2D eigenvalue weighted by Crippen LogP contribution is -2.62. The molecule has 2 aliphatic rings. The van der Waals surface area contributed by atoms with Gasteiger partial charge in [-0.1, -0.05) is 89.6 Å². The predicted molar refractivity (Wildman–Crippen MR) is 399 cm³/mol. The molecule has 2 aromatic carbocycles. The Morgan fingerprint density at radius 1 is 0.593 bits per heavy atom. The standard InChI is InChI=1S/C69H103N19O18S2/c1-8-35(4)55-67(103)77-36(5)58(94)74-28-52(92)80-48(32-107-31-47(79-50(90)26-72)65(101)84-46(63(99)86-55)25-40-27-73-42-19-13-12-18-41(40)42)64(100)82-43(20-14-22-70)59(95)75-30-53(93)81-49-33-108-38(7)57(68(104)83-44(21-15-23-71)61(97)87-56(37(6)89)69(105)106)88-66(102)54(34(2)3)85-62(98)45(24-39-16-10-9-11-17-39)78-51(91)29-76-60(49)96/h9-13,16-19,27,34-38,43-49,54-57,73,89H,8,14-15,20-26,28-33,70-72H2,1-7H3,(H,74,94)(H,75,95)(H,76,96)(H,77,103)(H,78,91)(H,79,90)(H,80,92)(H,81,93)(H,82,100)(H,83,104)(H,84,101)(H,85,98)(H,86,99)(H,87,97)(H,88,102)(H,105,106). The number of carbonyl (C=O) groups excluding carboxylic acids is 15. The van der Waals surface area contributed by atoms with Gasteiger partial charge < -0.3 is 112 Å². The first-order valence-corrected chi connectivity index (χ1v) is 37.7. The minimum absolute atomic E-state index is 0.0134. The topological polar surface area (TPSA) is 588 Å². The SMILES string of the molecule is CCC(C)C1NC(=O)C(Cc2c[nH]c3ccccc23)NC(=O)C(NC(=O)CN)CSCC(C(=O)NC(CCCN)C(=O)NCC(=O)NC2CSC(C)C(C(=O)NC(CCCN)C(=O)NC(C(=O)O)C(C)O)NC(=O)C(C(C)C)NC(=O)C(Cc3ccccc3)NC(=O)CNC2=O)NC(=O)CNC(=O)C(C)NC1=O. The number of aliphatic hydroxyl groups excluding tert-OH is 1. The lowest BCUT2D eigenvalue weighted by Gasteiger charge is -2.31. The number of fused-ring (bicyclic) bond motifs is 1. The fourth-order valence-electron chi connectivity index (χ4n) is 11.3. The molecule has 37 nitrogen and oxygen atoms in total. The van der Waals surface area contributed by atoms with E-state index in [4.69, 9.17) is 17.2 Å². The number of carbonyl (C=O) groups is 16. The van der Waals surface area contributed by atoms with Crippen LogP contribution in [-0.4, -0.2) is 250 Å². The number of nitrogens with one attached hydrogen (secondary N) is 16. The number of carboxylic acid groups (broad SMARTS) is 1. The van der Waals surface area contributed by atoms with Crippen molar-refractivity contribution in [1.29, 1.82) is 0 Å². The van der Waals surface area contributed by atoms with Crippen molar-refractivity contribution in [2.24, 2.45) is 29.0 Å². The summed E-state index contributed by atoms with van der Waals surface area (Å²) in [4.78, 5) is 226. The number of aromatic nitrogens is 1. The lowest BCUT2D eigenvalue weighted by atomic mass is 9.96. The Morgan fingerprint density at radius 2 is 1.17 bits per heavy atom. The molecule has 2 saturated heterocycles. The molecule has 15 amide bonds. The van der Waals surface area contributed by atoms with Crippen LogP contribution in [0.3, 0.4) is 0 Å². The highest BCUT2D eigenvalue weighted by molar-refractivity contribution is 8.00. The summed E-state index contributed by atoms with van der Waals surface area (Å²) in [6, 6.07) is -2.19. The average molecular weight is 1550 g/mol. The molecule has 15 atom stereocenters. The summed E-state index contributed by atoms with van der Waals surface area (Å²) in [6.07, 6.45) is 0.0821. The summed E-state index contributed by atoms with van der Waals surface area (Å²) in [7, 11) is 0. The molecule has 0 spiro atoms. The maximum Gasteiger partial charge on any atom is 0.328 e. The van der Waals surface area contributed by atoms with E-state index in [0.717, 1.165) is 41.4 Å². The summed E-state index contributed by atoms with van der Waals surface area (Å²) < 4.78 is 0. The van der Waals surface area contributed by atoms with Crippen molar-refractivity contribution in [1.82, 2.24) is 84.7 Å². The number of benzene rings is 2. The molecule has 2 fully saturated rings. The molecule has 1 aromatic heterocycles. The molecule has 108 heavy (non-hydrogen) atoms. The second kappa shape index (κ2) is 44.4. The fraction of sp³-hybridized carbons (Fsp3) is 0.565. The quantitative estimate of drug-likeness (QED) is 0.0338. The highest BCUT2D eigenvalue weighted by atomic mass is 32.2. The summed E-state index contributed by atoms with van der Waals surface area (Å²) in [5.41, 5.74) is 19.2. The number of hydrogen-bond donors (Lipinski definition) is 21. The zero-order valence-electron chi connectivity index (χ0n) is 61.3. The van der Waals surface area contributed by atoms with E-state index in [-0.39, 0.29) is 57.4 Å². The van der Waals surface area contributed by atoms with Gasteiger partial charge in [0, 0.05) is 52.4 Å². The second-order valence-corrected chi connectivity index (χ2v) is 29.1. The first-order valence-electron chi connectivity index (χ1n) is 35.5. The van der Waals surface area contributed by atoms with Crippen LogP contribution in [0.25, 0.3) is 10.9 Å². The smallest absolute Gasteiger partial charge is 0.328 e. The van der Waals surface area contributed by atoms with E-state index < -0.39 is 228 Å². The highest BCUT2D eigenvalue weighted by Gasteiger charge is 2.40. The first-order chi connectivity index (χ1) is 51.3. The van der Waals surface area contributed by atoms with E-state index >= 15 is 0 Å². The summed E-state index contributed by atoms with van der Waals surface area (Å²) in [6.45, 7) is 7.57. The zero-order valence-corrected chi connectivity index (χ0v) is 62.9. The number of aliphatic hydroxyl groups is 1. The van der Waals surface area contributed by atoms with Crippen LogP contribution in [0.5, 0.6) is 0 Å². The van der Waals surface area contributed by atoms with Gasteiger partial charge in [-0.15, -0.1) is 0 Å². The minimum Gasteiger partial charge on any atom is -0.480 e. The number of aliphatic carboxylic acids is 1. The van der Waals surface area contributed by atoms with Gasteiger partial charge in [-0.25, -0.2) is 4.79 Å². The minimum atomic E-state index is -1.81. The number of H-pyrrole nitrogens is 1. The molecular weight excluding hydrogens is 1450 g/mol. The Kier molecular flexibility index (Phi) is 36.4. The maximum atomic E-state index is 14.6. The van der Waals surface area contributed by atoms with Gasteiger partial charge >= 0.3 is 5.97 Å². The van der Waals surface area contributed by atoms with Crippen molar-refractivity contribution < 1.29 is 86.9 Å². The third kappa shape index (κ3) is 28.0. The predicted octanol–water partition coefficient (Wildman–Crippen LogP) is -6.37. The van der Waals surface area contributed by atoms with Gasteiger partial charge in [-0.3, -0.25) is 71.9 Å². The second-order valence-electron chi connectivity index (χ2n) is 26.6. The molecule has 594 valence electrons. The van der Waals surface area contributed by atoms with Crippen molar-refractivity contribution in [3.05, 3.63) is 71.9 Å². The Hall–Kier alpha value is -9.96. The summed E-state index contributed by atoms with van der Waals surface area (Å²) in [5, 5.41) is 57.5. The summed E-state index contributed by atoms with van der Waals surface area (Å²) >= 11 is 1.69. The Bertz CT molecular complexity index is 3660. The maximum absolute atomic E-state index is 14.6. The van der Waals surface area contributed by atoms with E-state index in [9.17, 15) is 86.9 Å². The van der Waals surface area contributed by atoms with Gasteiger partial charge in [0.25, 0.3) is 0 Å². The monoisotopic (exact) mass is 1550 g/mol. The van der Waals surface area contributed by atoms with Gasteiger partial charge in [0.15, 0.2) is 6.04 Å². The van der Waals surface area contributed by atoms with Crippen molar-refractivity contribution in [2.75, 3.05) is 56.5 Å². The fourth-order valence-corrected chi connectivity index (χ4v) is 13.5. The van der Waals surface area contributed by atoms with Gasteiger partial charge in [-0.05, 0) is 81.6 Å². The molecule has 0 bridgehead atoms. The number of thioether (sulfide) groups is 2. The number of aromatic amines is 1. The van der Waals surface area contributed by atoms with Crippen LogP contribution in [0.4, 0.5) is 0 Å². The van der Waals surface area contributed by atoms with Gasteiger partial charge in [-0.2, -0.15) is 23.5 Å². The number of hydrogen-bond acceptors (Lipinski definition) is 22. The Balaban J connectivity index is 1.43. The van der Waals surface area contributed by atoms with E-state index in [1.807, 2.05) is 0 Å². The zero-order chi connectivity index (χ0) is 79.9. The van der Waals surface area contributed by atoms with Crippen molar-refractivity contribution in [2.45, 2.75) is 177 Å². The Labute approximate surface area is 632 Å². The molecule has 2 aliphatic heterocycles. The molecule has 0 aliphatic carbocycles. The van der Waals surface area contributed by atoms with Crippen LogP contribution in [0, 0.1) is 11.8 Å². The van der Waals surface area contributed by atoms with Crippen LogP contribution in [0.15, 0.2) is 60.8 Å². The van der Waals surface area contributed by atoms with E-state index in [1.165, 1.54) is 13.8 Å².